The van der Waals surface area contributed by atoms with Gasteiger partial charge in [-0.15, -0.1) is 0 Å². The lowest BCUT2D eigenvalue weighted by atomic mass is 10.1. The van der Waals surface area contributed by atoms with Gasteiger partial charge in [-0.25, -0.2) is 9.97 Å². The summed E-state index contributed by atoms with van der Waals surface area (Å²) in [6.45, 7) is 7.11. The van der Waals surface area contributed by atoms with Crippen LogP contribution in [0, 0.1) is 19.8 Å². The number of carbonyl (C=O) groups excluding carboxylic acids is 1. The van der Waals surface area contributed by atoms with Crippen LogP contribution in [-0.4, -0.2) is 47.0 Å². The van der Waals surface area contributed by atoms with Crippen molar-refractivity contribution in [1.82, 2.24) is 14.9 Å². The summed E-state index contributed by atoms with van der Waals surface area (Å²) in [7, 11) is 0. The fourth-order valence-electron chi connectivity index (χ4n) is 3.82. The number of rotatable bonds is 3. The van der Waals surface area contributed by atoms with Gasteiger partial charge in [0.15, 0.2) is 0 Å². The monoisotopic (exact) mass is 414 g/mol. The Labute approximate surface area is 162 Å². The molecular weight excluding hydrogens is 392 g/mol. The molecule has 1 aromatic heterocycles. The van der Waals surface area contributed by atoms with E-state index in [0.29, 0.717) is 11.8 Å². The average molecular weight is 415 g/mol. The lowest BCUT2D eigenvalue weighted by molar-refractivity contribution is -0.133. The van der Waals surface area contributed by atoms with Crippen molar-refractivity contribution in [3.63, 3.8) is 0 Å². The largest absolute Gasteiger partial charge is 0.353 e. The Hall–Kier alpha value is -1.95. The zero-order chi connectivity index (χ0) is 18.3. The van der Waals surface area contributed by atoms with Crippen LogP contribution < -0.4 is 4.90 Å². The van der Waals surface area contributed by atoms with Crippen molar-refractivity contribution in [2.24, 2.45) is 5.92 Å². The number of nitrogens with zero attached hydrogens (tertiary/aromatic N) is 4. The van der Waals surface area contributed by atoms with Crippen LogP contribution in [0.3, 0.4) is 0 Å². The summed E-state index contributed by atoms with van der Waals surface area (Å²) in [5.41, 5.74) is 2.25. The average Bonchev–Trinajstić information content (AvgIpc) is 3.41. The molecule has 1 saturated heterocycles. The highest BCUT2D eigenvalue weighted by Gasteiger charge is 2.46. The molecule has 2 fully saturated rings. The van der Waals surface area contributed by atoms with E-state index in [2.05, 4.69) is 42.9 Å². The second-order valence-electron chi connectivity index (χ2n) is 7.23. The topological polar surface area (TPSA) is 49.3 Å². The molecule has 1 aliphatic carbocycles. The van der Waals surface area contributed by atoms with Crippen molar-refractivity contribution < 1.29 is 4.79 Å². The van der Waals surface area contributed by atoms with Crippen LogP contribution in [0.4, 0.5) is 5.82 Å². The fourth-order valence-corrected chi connectivity index (χ4v) is 4.24. The van der Waals surface area contributed by atoms with E-state index in [-0.39, 0.29) is 5.92 Å². The molecule has 136 valence electrons. The van der Waals surface area contributed by atoms with E-state index < -0.39 is 0 Å². The first-order chi connectivity index (χ1) is 12.5. The van der Waals surface area contributed by atoms with Gasteiger partial charge in [0.25, 0.3) is 0 Å². The first-order valence-corrected chi connectivity index (χ1v) is 9.92. The molecule has 1 saturated carbocycles. The molecule has 2 atom stereocenters. The van der Waals surface area contributed by atoms with E-state index >= 15 is 0 Å². The summed E-state index contributed by atoms with van der Waals surface area (Å²) in [5, 5.41) is 0. The number of anilines is 1. The first-order valence-electron chi connectivity index (χ1n) is 9.13. The summed E-state index contributed by atoms with van der Waals surface area (Å²) in [6, 6.07) is 10.4. The minimum absolute atomic E-state index is 0.152. The predicted molar refractivity (Wildman–Crippen MR) is 105 cm³/mol. The van der Waals surface area contributed by atoms with Gasteiger partial charge in [0.1, 0.15) is 11.6 Å². The zero-order valence-corrected chi connectivity index (χ0v) is 16.7. The number of piperazine rings is 1. The van der Waals surface area contributed by atoms with Crippen molar-refractivity contribution >= 4 is 27.7 Å². The van der Waals surface area contributed by atoms with Gasteiger partial charge in [-0.1, -0.05) is 28.1 Å². The number of carbonyl (C=O) groups is 1. The zero-order valence-electron chi connectivity index (χ0n) is 15.2. The molecule has 1 aromatic carbocycles. The molecule has 1 aliphatic heterocycles. The molecule has 2 heterocycles. The van der Waals surface area contributed by atoms with Crippen LogP contribution in [0.1, 0.15) is 29.4 Å². The fraction of sp³-hybridized carbons (Fsp3) is 0.450. The van der Waals surface area contributed by atoms with Crippen LogP contribution in [0.5, 0.6) is 0 Å². The number of aryl methyl sites for hydroxylation is 2. The van der Waals surface area contributed by atoms with Crippen molar-refractivity contribution in [2.75, 3.05) is 31.1 Å². The molecule has 2 aromatic rings. The standard InChI is InChI=1S/C20H23BrN4O/c1-13-10-19(23-14(2)22-13)24-6-8-25(9-7-24)20(26)18-12-17(18)15-4-3-5-16(21)11-15/h3-5,10-11,17-18H,6-9,12H2,1-2H3. The highest BCUT2D eigenvalue weighted by atomic mass is 79.9. The maximum atomic E-state index is 12.9. The highest BCUT2D eigenvalue weighted by molar-refractivity contribution is 9.10. The van der Waals surface area contributed by atoms with E-state index in [1.165, 1.54) is 5.56 Å². The number of amides is 1. The Morgan fingerprint density at radius 2 is 1.88 bits per heavy atom. The van der Waals surface area contributed by atoms with E-state index in [4.69, 9.17) is 0 Å². The van der Waals surface area contributed by atoms with Gasteiger partial charge in [-0.2, -0.15) is 0 Å². The molecule has 6 heteroatoms. The predicted octanol–water partition coefficient (Wildman–Crippen LogP) is 3.31. The summed E-state index contributed by atoms with van der Waals surface area (Å²) in [4.78, 5) is 26.0. The lowest BCUT2D eigenvalue weighted by Crippen LogP contribution is -2.49. The van der Waals surface area contributed by atoms with E-state index in [1.54, 1.807) is 0 Å². The van der Waals surface area contributed by atoms with Crippen LogP contribution in [0.25, 0.3) is 0 Å². The van der Waals surface area contributed by atoms with Crippen molar-refractivity contribution in [3.8, 4) is 0 Å². The van der Waals surface area contributed by atoms with Gasteiger partial charge < -0.3 is 9.80 Å². The molecule has 0 bridgehead atoms. The molecule has 4 rings (SSSR count). The van der Waals surface area contributed by atoms with Crippen LogP contribution in [0.2, 0.25) is 0 Å². The van der Waals surface area contributed by atoms with Gasteiger partial charge in [-0.05, 0) is 43.9 Å². The second-order valence-corrected chi connectivity index (χ2v) is 8.15. The number of hydrogen-bond donors (Lipinski definition) is 0. The van der Waals surface area contributed by atoms with E-state index in [1.807, 2.05) is 36.9 Å². The summed E-state index contributed by atoms with van der Waals surface area (Å²) >= 11 is 3.52. The smallest absolute Gasteiger partial charge is 0.226 e. The number of benzene rings is 1. The molecule has 2 unspecified atom stereocenters. The summed E-state index contributed by atoms with van der Waals surface area (Å²) < 4.78 is 1.08. The maximum absolute atomic E-state index is 12.9. The SMILES string of the molecule is Cc1cc(N2CCN(C(=O)C3CC3c3cccc(Br)c3)CC2)nc(C)n1. The Balaban J connectivity index is 1.36. The van der Waals surface area contributed by atoms with Crippen molar-refractivity contribution in [1.29, 1.82) is 0 Å². The van der Waals surface area contributed by atoms with Crippen molar-refractivity contribution in [3.05, 3.63) is 51.9 Å². The quantitative estimate of drug-likeness (QED) is 0.772. The van der Waals surface area contributed by atoms with E-state index in [0.717, 1.165) is 54.4 Å². The van der Waals surface area contributed by atoms with Crippen LogP contribution in [0.15, 0.2) is 34.8 Å². The number of hydrogen-bond acceptors (Lipinski definition) is 4. The molecular formula is C20H23BrN4O. The number of aromatic nitrogens is 2. The summed E-state index contributed by atoms with van der Waals surface area (Å²) in [5.74, 6) is 2.61. The minimum Gasteiger partial charge on any atom is -0.353 e. The molecule has 26 heavy (non-hydrogen) atoms. The molecule has 0 radical (unpaired) electrons. The Kier molecular flexibility index (Phi) is 4.69. The van der Waals surface area contributed by atoms with Crippen molar-refractivity contribution in [2.45, 2.75) is 26.2 Å². The maximum Gasteiger partial charge on any atom is 0.226 e. The molecule has 0 N–H and O–H groups in total. The first kappa shape index (κ1) is 17.5. The Bertz CT molecular complexity index is 812. The van der Waals surface area contributed by atoms with Crippen LogP contribution in [-0.2, 0) is 4.79 Å². The highest BCUT2D eigenvalue weighted by Crippen LogP contribution is 2.49. The Morgan fingerprint density at radius 3 is 2.58 bits per heavy atom. The van der Waals surface area contributed by atoms with Gasteiger partial charge >= 0.3 is 0 Å². The Morgan fingerprint density at radius 1 is 1.12 bits per heavy atom. The molecule has 0 spiro atoms. The normalized spacial score (nSPS) is 22.4. The van der Waals surface area contributed by atoms with Crippen LogP contribution >= 0.6 is 15.9 Å². The molecule has 1 amide bonds. The lowest BCUT2D eigenvalue weighted by Gasteiger charge is -2.35. The summed E-state index contributed by atoms with van der Waals surface area (Å²) in [6.07, 6.45) is 0.972. The van der Waals surface area contributed by atoms with Gasteiger partial charge in [0.2, 0.25) is 5.91 Å². The third-order valence-electron chi connectivity index (χ3n) is 5.25. The minimum atomic E-state index is 0.152. The molecule has 2 aliphatic rings. The van der Waals surface area contributed by atoms with Gasteiger partial charge in [-0.3, -0.25) is 4.79 Å². The molecule has 5 nitrogen and oxygen atoms in total. The third kappa shape index (κ3) is 3.61. The van der Waals surface area contributed by atoms with Gasteiger partial charge in [0.05, 0.1) is 0 Å². The van der Waals surface area contributed by atoms with E-state index in [9.17, 15) is 4.79 Å². The third-order valence-corrected chi connectivity index (χ3v) is 5.75. The number of halogens is 1. The second kappa shape index (κ2) is 6.99. The van der Waals surface area contributed by atoms with Gasteiger partial charge in [0, 0.05) is 48.3 Å².